The summed E-state index contributed by atoms with van der Waals surface area (Å²) in [6.07, 6.45) is 33.7. The summed E-state index contributed by atoms with van der Waals surface area (Å²) in [6.45, 7) is 3.97. The summed E-state index contributed by atoms with van der Waals surface area (Å²) in [5.74, 6) is -0.784. The molecule has 0 saturated heterocycles. The maximum absolute atomic E-state index is 10.7. The SMILES string of the molecule is CCCCCCCCCCCCCCCCCCCCCCCCC=C(C)C(=O)O. The van der Waals surface area contributed by atoms with Gasteiger partial charge in [-0.3, -0.25) is 0 Å². The molecule has 0 radical (unpaired) electrons. The first-order valence-electron chi connectivity index (χ1n) is 13.6. The summed E-state index contributed by atoms with van der Waals surface area (Å²) in [6, 6.07) is 0. The van der Waals surface area contributed by atoms with E-state index in [2.05, 4.69) is 6.92 Å². The molecule has 0 aliphatic rings. The van der Waals surface area contributed by atoms with Crippen LogP contribution in [0.2, 0.25) is 0 Å². The van der Waals surface area contributed by atoms with E-state index in [4.69, 9.17) is 5.11 Å². The summed E-state index contributed by atoms with van der Waals surface area (Å²) in [5, 5.41) is 8.79. The van der Waals surface area contributed by atoms with Crippen molar-refractivity contribution < 1.29 is 9.90 Å². The van der Waals surface area contributed by atoms with Crippen molar-refractivity contribution in [3.63, 3.8) is 0 Å². The van der Waals surface area contributed by atoms with E-state index in [1.54, 1.807) is 6.92 Å². The predicted octanol–water partition coefficient (Wildman–Crippen LogP) is 10.0. The van der Waals surface area contributed by atoms with Crippen LogP contribution >= 0.6 is 0 Å². The van der Waals surface area contributed by atoms with Crippen LogP contribution in [0.5, 0.6) is 0 Å². The second-order valence-electron chi connectivity index (χ2n) is 9.41. The highest BCUT2D eigenvalue weighted by atomic mass is 16.4. The maximum atomic E-state index is 10.7. The zero-order valence-corrected chi connectivity index (χ0v) is 20.7. The Bertz CT molecular complexity index is 386. The minimum Gasteiger partial charge on any atom is -0.478 e. The molecule has 0 bridgehead atoms. The zero-order valence-electron chi connectivity index (χ0n) is 20.7. The normalized spacial score (nSPS) is 11.9. The van der Waals surface area contributed by atoms with Gasteiger partial charge in [0.05, 0.1) is 0 Å². The Morgan fingerprint density at radius 3 is 1.07 bits per heavy atom. The van der Waals surface area contributed by atoms with Crippen LogP contribution in [0.4, 0.5) is 0 Å². The molecule has 0 spiro atoms. The number of hydrogen-bond acceptors (Lipinski definition) is 1. The van der Waals surface area contributed by atoms with E-state index in [9.17, 15) is 4.79 Å². The molecular formula is C28H54O2. The van der Waals surface area contributed by atoms with Gasteiger partial charge in [-0.2, -0.15) is 0 Å². The van der Waals surface area contributed by atoms with Crippen LogP contribution in [-0.2, 0) is 4.79 Å². The van der Waals surface area contributed by atoms with Crippen LogP contribution in [0.15, 0.2) is 11.6 Å². The molecule has 2 nitrogen and oxygen atoms in total. The van der Waals surface area contributed by atoms with E-state index in [0.29, 0.717) is 5.57 Å². The molecule has 2 heteroatoms. The Morgan fingerprint density at radius 2 is 0.800 bits per heavy atom. The number of carboxylic acids is 1. The third-order valence-electron chi connectivity index (χ3n) is 6.35. The molecular weight excluding hydrogens is 368 g/mol. The van der Waals surface area contributed by atoms with Gasteiger partial charge in [0.2, 0.25) is 0 Å². The maximum Gasteiger partial charge on any atom is 0.330 e. The lowest BCUT2D eigenvalue weighted by atomic mass is 10.0. The number of aliphatic carboxylic acids is 1. The topological polar surface area (TPSA) is 37.3 Å². The molecule has 0 amide bonds. The predicted molar refractivity (Wildman–Crippen MR) is 133 cm³/mol. The molecule has 0 rings (SSSR count). The van der Waals surface area contributed by atoms with Crippen molar-refractivity contribution in [2.24, 2.45) is 0 Å². The Labute approximate surface area is 189 Å². The fourth-order valence-corrected chi connectivity index (χ4v) is 4.16. The highest BCUT2D eigenvalue weighted by Crippen LogP contribution is 2.15. The third kappa shape index (κ3) is 23.5. The van der Waals surface area contributed by atoms with Gasteiger partial charge in [0.1, 0.15) is 0 Å². The molecule has 0 unspecified atom stereocenters. The first kappa shape index (κ1) is 29.2. The van der Waals surface area contributed by atoms with Crippen molar-refractivity contribution in [3.05, 3.63) is 11.6 Å². The third-order valence-corrected chi connectivity index (χ3v) is 6.35. The van der Waals surface area contributed by atoms with Crippen LogP contribution in [0, 0.1) is 0 Å². The highest BCUT2D eigenvalue weighted by molar-refractivity contribution is 5.85. The van der Waals surface area contributed by atoms with Gasteiger partial charge in [-0.15, -0.1) is 0 Å². The van der Waals surface area contributed by atoms with Crippen LogP contribution < -0.4 is 0 Å². The number of allylic oxidation sites excluding steroid dienone is 1. The molecule has 30 heavy (non-hydrogen) atoms. The van der Waals surface area contributed by atoms with Gasteiger partial charge in [0.15, 0.2) is 0 Å². The average molecular weight is 423 g/mol. The summed E-state index contributed by atoms with van der Waals surface area (Å²) >= 11 is 0. The van der Waals surface area contributed by atoms with Crippen molar-refractivity contribution in [3.8, 4) is 0 Å². The molecule has 178 valence electrons. The first-order valence-corrected chi connectivity index (χ1v) is 13.6. The lowest BCUT2D eigenvalue weighted by Gasteiger charge is -2.04. The molecule has 0 heterocycles. The van der Waals surface area contributed by atoms with E-state index in [0.717, 1.165) is 12.8 Å². The van der Waals surface area contributed by atoms with Gasteiger partial charge in [-0.05, 0) is 19.8 Å². The van der Waals surface area contributed by atoms with Crippen LogP contribution in [0.3, 0.4) is 0 Å². The largest absolute Gasteiger partial charge is 0.478 e. The van der Waals surface area contributed by atoms with E-state index in [1.165, 1.54) is 135 Å². The van der Waals surface area contributed by atoms with Crippen LogP contribution in [0.1, 0.15) is 162 Å². The minimum absolute atomic E-state index is 0.485. The standard InChI is InChI=1S/C28H54O2/c1-3-4-5-6-7-8-9-10-11-12-13-14-15-16-17-18-19-20-21-22-23-24-25-26-27(2)28(29)30/h26H,3-25H2,1-2H3,(H,29,30). The second kappa shape index (κ2) is 24.5. The highest BCUT2D eigenvalue weighted by Gasteiger charge is 1.98. The van der Waals surface area contributed by atoms with Crippen LogP contribution in [0.25, 0.3) is 0 Å². The molecule has 0 fully saturated rings. The molecule has 0 aromatic carbocycles. The van der Waals surface area contributed by atoms with Gasteiger partial charge >= 0.3 is 5.97 Å². The fraction of sp³-hybridized carbons (Fsp3) is 0.893. The molecule has 0 aliphatic carbocycles. The minimum atomic E-state index is -0.784. The van der Waals surface area contributed by atoms with E-state index in [-0.39, 0.29) is 0 Å². The average Bonchev–Trinajstić information content (AvgIpc) is 2.74. The van der Waals surface area contributed by atoms with Crippen molar-refractivity contribution in [2.45, 2.75) is 162 Å². The monoisotopic (exact) mass is 422 g/mol. The summed E-state index contributed by atoms with van der Waals surface area (Å²) in [5.41, 5.74) is 0.485. The lowest BCUT2D eigenvalue weighted by molar-refractivity contribution is -0.132. The molecule has 1 N–H and O–H groups in total. The Morgan fingerprint density at radius 1 is 0.533 bits per heavy atom. The van der Waals surface area contributed by atoms with E-state index >= 15 is 0 Å². The number of carbonyl (C=O) groups is 1. The van der Waals surface area contributed by atoms with E-state index in [1.807, 2.05) is 6.08 Å². The number of unbranched alkanes of at least 4 members (excludes halogenated alkanes) is 22. The smallest absolute Gasteiger partial charge is 0.330 e. The van der Waals surface area contributed by atoms with Gasteiger partial charge < -0.3 is 5.11 Å². The quantitative estimate of drug-likeness (QED) is 0.124. The fourth-order valence-electron chi connectivity index (χ4n) is 4.16. The van der Waals surface area contributed by atoms with Gasteiger partial charge in [0, 0.05) is 5.57 Å². The van der Waals surface area contributed by atoms with Crippen molar-refractivity contribution in [2.75, 3.05) is 0 Å². The molecule has 0 aliphatic heterocycles. The van der Waals surface area contributed by atoms with Crippen molar-refractivity contribution >= 4 is 5.97 Å². The van der Waals surface area contributed by atoms with Crippen molar-refractivity contribution in [1.29, 1.82) is 0 Å². The van der Waals surface area contributed by atoms with Gasteiger partial charge in [-0.1, -0.05) is 148 Å². The van der Waals surface area contributed by atoms with Gasteiger partial charge in [-0.25, -0.2) is 4.79 Å². The Balaban J connectivity index is 3.08. The van der Waals surface area contributed by atoms with E-state index < -0.39 is 5.97 Å². The summed E-state index contributed by atoms with van der Waals surface area (Å²) in [7, 11) is 0. The second-order valence-corrected chi connectivity index (χ2v) is 9.41. The molecule has 0 atom stereocenters. The van der Waals surface area contributed by atoms with Crippen molar-refractivity contribution in [1.82, 2.24) is 0 Å². The number of rotatable bonds is 24. The van der Waals surface area contributed by atoms with Gasteiger partial charge in [0.25, 0.3) is 0 Å². The Hall–Kier alpha value is -0.790. The molecule has 0 aromatic rings. The lowest BCUT2D eigenvalue weighted by Crippen LogP contribution is -1.95. The first-order chi connectivity index (χ1) is 14.7. The summed E-state index contributed by atoms with van der Waals surface area (Å²) in [4.78, 5) is 10.7. The number of carboxylic acid groups (broad SMARTS) is 1. The molecule has 0 saturated carbocycles. The molecule has 0 aromatic heterocycles. The number of hydrogen-bond donors (Lipinski definition) is 1. The summed E-state index contributed by atoms with van der Waals surface area (Å²) < 4.78 is 0. The Kier molecular flexibility index (Phi) is 23.8. The van der Waals surface area contributed by atoms with Crippen LogP contribution in [-0.4, -0.2) is 11.1 Å². The zero-order chi connectivity index (χ0) is 22.1.